The number of allylic oxidation sites excluding steroid dienone is 6. The van der Waals surface area contributed by atoms with Crippen molar-refractivity contribution in [3.05, 3.63) is 75.9 Å². The highest BCUT2D eigenvalue weighted by atomic mass is 32.1. The van der Waals surface area contributed by atoms with Crippen LogP contribution < -0.4 is 22.1 Å². The van der Waals surface area contributed by atoms with Crippen LogP contribution in [0, 0.1) is 0 Å². The van der Waals surface area contributed by atoms with Crippen LogP contribution in [0.4, 0.5) is 0 Å². The molecule has 0 atom stereocenters. The lowest BCUT2D eigenvalue weighted by Gasteiger charge is -2.01. The third-order valence-electron chi connectivity index (χ3n) is 2.98. The van der Waals surface area contributed by atoms with Gasteiger partial charge in [-0.2, -0.15) is 25.3 Å². The van der Waals surface area contributed by atoms with Gasteiger partial charge < -0.3 is 4.79 Å². The molecule has 0 aliphatic heterocycles. The Hall–Kier alpha value is -2.33. The molecule has 0 rings (SSSR count). The number of nitrogens with two attached hydrogens (primary N) is 1. The second-order valence-corrected chi connectivity index (χ2v) is 7.90. The molecule has 0 unspecified atom stereocenters. The third kappa shape index (κ3) is 267. The van der Waals surface area contributed by atoms with Crippen molar-refractivity contribution in [3.8, 4) is 0 Å². The fourth-order valence-electron chi connectivity index (χ4n) is 0.525. The largest absolute Gasteiger partial charge is 0.304 e. The molecule has 0 bridgehead atoms. The first kappa shape index (κ1) is 69.4. The van der Waals surface area contributed by atoms with E-state index in [1.54, 1.807) is 0 Å². The molecule has 0 aromatic heterocycles. The summed E-state index contributed by atoms with van der Waals surface area (Å²) < 4.78 is 0. The summed E-state index contributed by atoms with van der Waals surface area (Å²) in [6, 6.07) is 0. The van der Waals surface area contributed by atoms with Crippen LogP contribution in [0.2, 0.25) is 0 Å². The van der Waals surface area contributed by atoms with E-state index in [4.69, 9.17) is 10.6 Å². The molecular formula is C36H78N4O3S2. The lowest BCUT2D eigenvalue weighted by molar-refractivity contribution is -0.122. The summed E-state index contributed by atoms with van der Waals surface area (Å²) in [5.74, 6) is 5.68. The van der Waals surface area contributed by atoms with E-state index in [-0.39, 0.29) is 11.8 Å². The van der Waals surface area contributed by atoms with Crippen LogP contribution in [0.1, 0.15) is 121 Å². The average molecular weight is 679 g/mol. The molecule has 0 heterocycles. The van der Waals surface area contributed by atoms with Gasteiger partial charge >= 0.3 is 0 Å². The zero-order chi connectivity index (χ0) is 38.0. The number of rotatable bonds is 12. The van der Waals surface area contributed by atoms with Crippen molar-refractivity contribution < 1.29 is 14.4 Å². The van der Waals surface area contributed by atoms with Crippen molar-refractivity contribution in [1.82, 2.24) is 16.3 Å². The third-order valence-corrected chi connectivity index (χ3v) is 3.42. The van der Waals surface area contributed by atoms with Gasteiger partial charge in [0, 0.05) is 19.4 Å². The smallest absolute Gasteiger partial charge is 0.234 e. The predicted octanol–water partition coefficient (Wildman–Crippen LogP) is 9.97. The molecule has 0 aliphatic carbocycles. The summed E-state index contributed by atoms with van der Waals surface area (Å²) >= 11 is 7.69. The molecule has 5 N–H and O–H groups in total. The maximum absolute atomic E-state index is 10.6. The van der Waals surface area contributed by atoms with Gasteiger partial charge in [-0.25, -0.2) is 11.3 Å². The van der Waals surface area contributed by atoms with E-state index in [0.29, 0.717) is 24.3 Å². The Morgan fingerprint density at radius 2 is 0.800 bits per heavy atom. The van der Waals surface area contributed by atoms with Gasteiger partial charge in [0.2, 0.25) is 11.8 Å². The topological polar surface area (TPSA) is 113 Å². The molecule has 9 heteroatoms. The molecule has 0 saturated heterocycles. The Bertz CT molecular complexity index is 484. The van der Waals surface area contributed by atoms with Crippen molar-refractivity contribution in [2.24, 2.45) is 5.84 Å². The van der Waals surface area contributed by atoms with Crippen LogP contribution in [-0.4, -0.2) is 36.2 Å². The Morgan fingerprint density at radius 1 is 0.600 bits per heavy atom. The van der Waals surface area contributed by atoms with Crippen molar-refractivity contribution >= 4 is 43.4 Å². The molecule has 0 aromatic rings. The quantitative estimate of drug-likeness (QED) is 0.0307. The first-order valence-corrected chi connectivity index (χ1v) is 17.1. The van der Waals surface area contributed by atoms with Crippen LogP contribution in [0.5, 0.6) is 0 Å². The minimum atomic E-state index is -0.171. The van der Waals surface area contributed by atoms with Gasteiger partial charge in [0.1, 0.15) is 6.29 Å². The monoisotopic (exact) mass is 679 g/mol. The Balaban J connectivity index is -0.0000000389. The summed E-state index contributed by atoms with van der Waals surface area (Å²) in [6.45, 7) is 41.4. The number of carbonyl (C=O) groups excluding carboxylic acids is 3. The van der Waals surface area contributed by atoms with Crippen molar-refractivity contribution in [2.45, 2.75) is 121 Å². The number of aldehydes is 1. The number of hydrogen-bond acceptors (Lipinski definition) is 7. The first-order valence-electron chi connectivity index (χ1n) is 15.8. The SMILES string of the molecule is C=CCC.C=CCC.C=CCC.C=CCC.C=CCC.C=CCC.CC.CC=O.CCNNC(=O)CCS.NNC(=O)CCS. The maximum atomic E-state index is 10.6. The van der Waals surface area contributed by atoms with Gasteiger partial charge in [-0.15, -0.1) is 39.5 Å². The standard InChI is InChI=1S/C5H12N2OS.6C4H8.C3H8N2OS.C2H4O.C2H6/c1-2-6-7-5(8)3-4-9;6*1-3-4-2;4-5-3(6)1-2-7;1-2-3;1-2/h6,9H,2-4H2,1H3,(H,7,8);6*3H,1,4H2,2H3;7H,1-2,4H2,(H,5,6);2H,1H3;1-2H3. The van der Waals surface area contributed by atoms with E-state index < -0.39 is 0 Å². The zero-order valence-corrected chi connectivity index (χ0v) is 33.0. The van der Waals surface area contributed by atoms with Gasteiger partial charge in [-0.3, -0.25) is 20.4 Å². The van der Waals surface area contributed by atoms with E-state index in [2.05, 4.69) is 117 Å². The summed E-state index contributed by atoms with van der Waals surface area (Å²) in [5, 5.41) is 0. The van der Waals surface area contributed by atoms with Gasteiger partial charge in [-0.05, 0) is 57.0 Å². The Morgan fingerprint density at radius 3 is 0.911 bits per heavy atom. The summed E-state index contributed by atoms with van der Waals surface area (Å²) in [4.78, 5) is 29.5. The molecule has 0 aromatic carbocycles. The molecule has 0 fully saturated rings. The van der Waals surface area contributed by atoms with E-state index in [1.807, 2.05) is 62.7 Å². The molecule has 0 saturated carbocycles. The van der Waals surface area contributed by atoms with Crippen molar-refractivity contribution in [3.63, 3.8) is 0 Å². The Kier molecular flexibility index (Phi) is 175. The molecule has 272 valence electrons. The van der Waals surface area contributed by atoms with E-state index in [1.165, 1.54) is 6.92 Å². The molecule has 45 heavy (non-hydrogen) atoms. The van der Waals surface area contributed by atoms with Gasteiger partial charge in [0.25, 0.3) is 0 Å². The van der Waals surface area contributed by atoms with Gasteiger partial charge in [0.15, 0.2) is 0 Å². The normalized spacial score (nSPS) is 6.87. The molecule has 2 amide bonds. The number of hydrogen-bond donors (Lipinski definition) is 6. The number of hydrazine groups is 2. The lowest BCUT2D eigenvalue weighted by atomic mass is 10.5. The van der Waals surface area contributed by atoms with Gasteiger partial charge in [0.05, 0.1) is 0 Å². The highest BCUT2D eigenvalue weighted by Gasteiger charge is 1.94. The van der Waals surface area contributed by atoms with E-state index in [9.17, 15) is 9.59 Å². The maximum Gasteiger partial charge on any atom is 0.234 e. The number of thiol groups is 2. The predicted molar refractivity (Wildman–Crippen MR) is 217 cm³/mol. The lowest BCUT2D eigenvalue weighted by Crippen LogP contribution is -2.37. The highest BCUT2D eigenvalue weighted by Crippen LogP contribution is 1.80. The molecule has 0 aliphatic rings. The second-order valence-electron chi connectivity index (χ2n) is 7.01. The Labute approximate surface area is 293 Å². The van der Waals surface area contributed by atoms with Crippen molar-refractivity contribution in [1.29, 1.82) is 0 Å². The number of carbonyl (C=O) groups is 3. The minimum absolute atomic E-state index is 0.00755. The van der Waals surface area contributed by atoms with Crippen LogP contribution in [0.15, 0.2) is 75.9 Å². The summed E-state index contributed by atoms with van der Waals surface area (Å²) in [6.07, 6.45) is 19.4. The number of amides is 2. The second kappa shape index (κ2) is 113. The first-order chi connectivity index (χ1) is 21.5. The van der Waals surface area contributed by atoms with Crippen LogP contribution in [-0.2, 0) is 14.4 Å². The fourth-order valence-corrected chi connectivity index (χ4v) is 0.931. The number of nitrogens with one attached hydrogen (secondary N) is 3. The average Bonchev–Trinajstić information content (AvgIpc) is 3.09. The van der Waals surface area contributed by atoms with Crippen LogP contribution >= 0.6 is 25.3 Å². The molecular weight excluding hydrogens is 601 g/mol. The molecule has 7 nitrogen and oxygen atoms in total. The van der Waals surface area contributed by atoms with Crippen molar-refractivity contribution in [2.75, 3.05) is 18.1 Å². The highest BCUT2D eigenvalue weighted by molar-refractivity contribution is 7.80. The minimum Gasteiger partial charge on any atom is -0.304 e. The molecule has 0 spiro atoms. The van der Waals surface area contributed by atoms with E-state index in [0.717, 1.165) is 51.4 Å². The van der Waals surface area contributed by atoms with Crippen LogP contribution in [0.3, 0.4) is 0 Å². The van der Waals surface area contributed by atoms with Crippen LogP contribution in [0.25, 0.3) is 0 Å². The summed E-state index contributed by atoms with van der Waals surface area (Å²) in [5.41, 5.74) is 7.17. The fraction of sp³-hybridized carbons (Fsp3) is 0.583. The summed E-state index contributed by atoms with van der Waals surface area (Å²) in [7, 11) is 0. The zero-order valence-electron chi connectivity index (χ0n) is 31.3. The molecule has 0 radical (unpaired) electrons. The van der Waals surface area contributed by atoms with E-state index >= 15 is 0 Å². The van der Waals surface area contributed by atoms with Gasteiger partial charge in [-0.1, -0.05) is 98.8 Å².